The lowest BCUT2D eigenvalue weighted by atomic mass is 10.2. The zero-order valence-electron chi connectivity index (χ0n) is 9.14. The van der Waals surface area contributed by atoms with Crippen LogP contribution in [0.15, 0.2) is 18.3 Å². The van der Waals surface area contributed by atoms with E-state index in [1.54, 1.807) is 6.92 Å². The monoisotopic (exact) mass is 273 g/mol. The average Bonchev–Trinajstić information content (AvgIpc) is 2.28. The second kappa shape index (κ2) is 4.81. The highest BCUT2D eigenvalue weighted by Crippen LogP contribution is 2.25. The summed E-state index contributed by atoms with van der Waals surface area (Å²) < 4.78 is 39.6. The van der Waals surface area contributed by atoms with Crippen LogP contribution in [0.1, 0.15) is 5.56 Å². The molecule has 18 heavy (non-hydrogen) atoms. The van der Waals surface area contributed by atoms with Crippen molar-refractivity contribution >= 4 is 23.1 Å². The summed E-state index contributed by atoms with van der Waals surface area (Å²) in [6, 6.07) is 1.15. The summed E-state index contributed by atoms with van der Waals surface area (Å²) in [7, 11) is 0. The first-order chi connectivity index (χ1) is 8.47. The van der Waals surface area contributed by atoms with Crippen molar-refractivity contribution in [3.05, 3.63) is 46.6 Å². The van der Waals surface area contributed by atoms with Crippen molar-refractivity contribution in [3.63, 3.8) is 0 Å². The molecule has 1 heterocycles. The number of aromatic nitrogens is 2. The number of rotatable bonds is 2. The largest absolute Gasteiger partial charge is 0.335 e. The fourth-order valence-electron chi connectivity index (χ4n) is 1.33. The molecule has 0 amide bonds. The molecule has 2 aromatic rings. The molecule has 0 aliphatic rings. The van der Waals surface area contributed by atoms with Crippen LogP contribution < -0.4 is 5.32 Å². The summed E-state index contributed by atoms with van der Waals surface area (Å²) in [5.74, 6) is -2.95. The number of anilines is 2. The second-order valence-corrected chi connectivity index (χ2v) is 3.88. The molecule has 0 aliphatic carbocycles. The first-order valence-corrected chi connectivity index (χ1v) is 5.26. The van der Waals surface area contributed by atoms with Gasteiger partial charge in [0.1, 0.15) is 17.3 Å². The Morgan fingerprint density at radius 2 is 1.78 bits per heavy atom. The van der Waals surface area contributed by atoms with Crippen LogP contribution in [-0.4, -0.2) is 9.97 Å². The molecule has 0 radical (unpaired) electrons. The number of nitrogens with zero attached hydrogens (tertiary/aromatic N) is 2. The first-order valence-electron chi connectivity index (χ1n) is 4.88. The van der Waals surface area contributed by atoms with Gasteiger partial charge in [-0.15, -0.1) is 0 Å². The van der Waals surface area contributed by atoms with Crippen molar-refractivity contribution in [3.8, 4) is 0 Å². The lowest BCUT2D eigenvalue weighted by molar-refractivity contribution is 0.548. The molecular formula is C11H7ClF3N3. The minimum absolute atomic E-state index is 0.0639. The first kappa shape index (κ1) is 12.6. The van der Waals surface area contributed by atoms with Crippen molar-refractivity contribution in [1.29, 1.82) is 0 Å². The smallest absolute Gasteiger partial charge is 0.224 e. The van der Waals surface area contributed by atoms with E-state index in [0.29, 0.717) is 17.7 Å². The van der Waals surface area contributed by atoms with Gasteiger partial charge >= 0.3 is 0 Å². The van der Waals surface area contributed by atoms with E-state index in [0.717, 1.165) is 0 Å². The molecule has 0 saturated heterocycles. The van der Waals surface area contributed by atoms with Gasteiger partial charge in [-0.3, -0.25) is 0 Å². The quantitative estimate of drug-likeness (QED) is 0.850. The topological polar surface area (TPSA) is 37.8 Å². The summed E-state index contributed by atoms with van der Waals surface area (Å²) >= 11 is 5.58. The molecule has 94 valence electrons. The predicted octanol–water partition coefficient (Wildman–Crippen LogP) is 3.60. The molecule has 0 fully saturated rings. The zero-order chi connectivity index (χ0) is 13.3. The number of benzene rings is 1. The Morgan fingerprint density at radius 1 is 1.17 bits per heavy atom. The van der Waals surface area contributed by atoms with Gasteiger partial charge in [0.25, 0.3) is 0 Å². The van der Waals surface area contributed by atoms with Gasteiger partial charge in [-0.25, -0.2) is 23.1 Å². The third-order valence-corrected chi connectivity index (χ3v) is 2.37. The standard InChI is InChI=1S/C11H7ClF3N3/c1-5-4-16-11(12)18-10(5)17-9-7(14)2-6(13)3-8(9)15/h2-4H,1H3,(H,16,17,18). The van der Waals surface area contributed by atoms with Crippen molar-refractivity contribution in [2.24, 2.45) is 0 Å². The normalized spacial score (nSPS) is 10.5. The van der Waals surface area contributed by atoms with E-state index in [-0.39, 0.29) is 11.1 Å². The molecule has 0 aliphatic heterocycles. The highest BCUT2D eigenvalue weighted by molar-refractivity contribution is 6.28. The van der Waals surface area contributed by atoms with Gasteiger partial charge in [0.15, 0.2) is 11.6 Å². The average molecular weight is 274 g/mol. The van der Waals surface area contributed by atoms with Gasteiger partial charge in [0, 0.05) is 23.9 Å². The zero-order valence-corrected chi connectivity index (χ0v) is 9.89. The van der Waals surface area contributed by atoms with E-state index < -0.39 is 23.1 Å². The number of aryl methyl sites for hydroxylation is 1. The maximum absolute atomic E-state index is 13.4. The number of nitrogens with one attached hydrogen (secondary N) is 1. The fraction of sp³-hybridized carbons (Fsp3) is 0.0909. The molecule has 0 saturated carbocycles. The Labute approximate surface area is 106 Å². The molecule has 7 heteroatoms. The molecule has 1 aromatic heterocycles. The van der Waals surface area contributed by atoms with Gasteiger partial charge in [0.05, 0.1) is 0 Å². The summed E-state index contributed by atoms with van der Waals surface area (Å²) in [6.07, 6.45) is 1.40. The van der Waals surface area contributed by atoms with Crippen LogP contribution >= 0.6 is 11.6 Å². The van der Waals surface area contributed by atoms with Crippen LogP contribution in [-0.2, 0) is 0 Å². The Kier molecular flexibility index (Phi) is 3.38. The van der Waals surface area contributed by atoms with Crippen molar-refractivity contribution in [2.45, 2.75) is 6.92 Å². The number of halogens is 4. The number of hydrogen-bond acceptors (Lipinski definition) is 3. The molecule has 1 aromatic carbocycles. The highest BCUT2D eigenvalue weighted by Gasteiger charge is 2.13. The van der Waals surface area contributed by atoms with E-state index in [1.807, 2.05) is 0 Å². The molecule has 0 unspecified atom stereocenters. The second-order valence-electron chi connectivity index (χ2n) is 3.54. The molecule has 3 nitrogen and oxygen atoms in total. The highest BCUT2D eigenvalue weighted by atomic mass is 35.5. The van der Waals surface area contributed by atoms with E-state index in [1.165, 1.54) is 6.20 Å². The molecule has 2 rings (SSSR count). The van der Waals surface area contributed by atoms with Gasteiger partial charge in [-0.1, -0.05) is 0 Å². The maximum Gasteiger partial charge on any atom is 0.224 e. The Balaban J connectivity index is 2.43. The molecule has 1 N–H and O–H groups in total. The molecular weight excluding hydrogens is 267 g/mol. The van der Waals surface area contributed by atoms with E-state index >= 15 is 0 Å². The SMILES string of the molecule is Cc1cnc(Cl)nc1Nc1c(F)cc(F)cc1F. The van der Waals surface area contributed by atoms with Crippen LogP contribution in [0.5, 0.6) is 0 Å². The van der Waals surface area contributed by atoms with Gasteiger partial charge in [-0.05, 0) is 18.5 Å². The third kappa shape index (κ3) is 2.53. The van der Waals surface area contributed by atoms with Gasteiger partial charge in [-0.2, -0.15) is 0 Å². The van der Waals surface area contributed by atoms with E-state index in [9.17, 15) is 13.2 Å². The summed E-state index contributed by atoms with van der Waals surface area (Å²) in [5.41, 5.74) is 0.0526. The van der Waals surface area contributed by atoms with Crippen molar-refractivity contribution < 1.29 is 13.2 Å². The fourth-order valence-corrected chi connectivity index (χ4v) is 1.46. The summed E-state index contributed by atoms with van der Waals surface area (Å²) in [6.45, 7) is 1.64. The Hall–Kier alpha value is -1.82. The number of hydrogen-bond donors (Lipinski definition) is 1. The molecule has 0 spiro atoms. The van der Waals surface area contributed by atoms with E-state index in [2.05, 4.69) is 15.3 Å². The van der Waals surface area contributed by atoms with Crippen LogP contribution in [0.3, 0.4) is 0 Å². The summed E-state index contributed by atoms with van der Waals surface area (Å²) in [4.78, 5) is 7.50. The minimum Gasteiger partial charge on any atom is -0.335 e. The van der Waals surface area contributed by atoms with Crippen molar-refractivity contribution in [1.82, 2.24) is 9.97 Å². The van der Waals surface area contributed by atoms with Crippen molar-refractivity contribution in [2.75, 3.05) is 5.32 Å². The molecule has 0 bridgehead atoms. The molecule has 0 atom stereocenters. The van der Waals surface area contributed by atoms with E-state index in [4.69, 9.17) is 11.6 Å². The van der Waals surface area contributed by atoms with Gasteiger partial charge < -0.3 is 5.32 Å². The van der Waals surface area contributed by atoms with Gasteiger partial charge in [0.2, 0.25) is 5.28 Å². The van der Waals surface area contributed by atoms with Crippen LogP contribution in [0.2, 0.25) is 5.28 Å². The summed E-state index contributed by atoms with van der Waals surface area (Å²) in [5, 5.41) is 2.36. The lowest BCUT2D eigenvalue weighted by Gasteiger charge is -2.10. The lowest BCUT2D eigenvalue weighted by Crippen LogP contribution is -2.03. The Morgan fingerprint density at radius 3 is 2.39 bits per heavy atom. The minimum atomic E-state index is -1.05. The third-order valence-electron chi connectivity index (χ3n) is 2.19. The van der Waals surface area contributed by atoms with Crippen LogP contribution in [0, 0.1) is 24.4 Å². The predicted molar refractivity (Wildman–Crippen MR) is 61.4 cm³/mol. The Bertz CT molecular complexity index is 581. The maximum atomic E-state index is 13.4. The van der Waals surface area contributed by atoms with Crippen LogP contribution in [0.4, 0.5) is 24.7 Å². The van der Waals surface area contributed by atoms with Crippen LogP contribution in [0.25, 0.3) is 0 Å².